The predicted molar refractivity (Wildman–Crippen MR) is 123 cm³/mol. The first-order valence-electron chi connectivity index (χ1n) is 10.3. The summed E-state index contributed by atoms with van der Waals surface area (Å²) in [5.74, 6) is 0. The minimum Gasteiger partial charge on any atom is -0.451 e. The number of rotatable bonds is 0. The molecule has 4 aromatic carbocycles. The van der Waals surface area contributed by atoms with E-state index in [1.165, 1.54) is 43.8 Å². The van der Waals surface area contributed by atoms with E-state index < -0.39 is 0 Å². The van der Waals surface area contributed by atoms with Gasteiger partial charge in [0.05, 0.1) is 17.8 Å². The van der Waals surface area contributed by atoms with Crippen LogP contribution >= 0.6 is 0 Å². The quantitative estimate of drug-likeness (QED) is 0.275. The van der Waals surface area contributed by atoms with Crippen molar-refractivity contribution in [1.82, 2.24) is 4.40 Å². The Balaban J connectivity index is 1.96. The zero-order chi connectivity index (χ0) is 20.0. The average molecular weight is 387 g/mol. The number of para-hydroxylation sites is 2. The van der Waals surface area contributed by atoms with Crippen molar-refractivity contribution in [2.24, 2.45) is 7.05 Å². The summed E-state index contributed by atoms with van der Waals surface area (Å²) < 4.78 is 11.3. The molecule has 0 bridgehead atoms. The van der Waals surface area contributed by atoms with Crippen molar-refractivity contribution in [3.05, 3.63) is 84.4 Å². The van der Waals surface area contributed by atoms with Gasteiger partial charge in [-0.05, 0) is 41.5 Å². The number of pyridine rings is 1. The summed E-state index contributed by atoms with van der Waals surface area (Å²) in [7, 11) is 2.16. The smallest absolute Gasteiger partial charge is 0.296 e. The summed E-state index contributed by atoms with van der Waals surface area (Å²) in [6, 6.07) is 27.9. The van der Waals surface area contributed by atoms with Gasteiger partial charge in [0.25, 0.3) is 5.65 Å². The highest BCUT2D eigenvalue weighted by Crippen LogP contribution is 2.40. The molecule has 7 rings (SSSR count). The molecule has 3 heterocycles. The summed E-state index contributed by atoms with van der Waals surface area (Å²) in [5, 5.41) is 6.04. The summed E-state index contributed by atoms with van der Waals surface area (Å²) in [6.45, 7) is 2.18. The van der Waals surface area contributed by atoms with Crippen molar-refractivity contribution >= 4 is 60.3 Å². The number of benzene rings is 4. The largest absolute Gasteiger partial charge is 0.451 e. The molecule has 0 aliphatic rings. The fraction of sp³-hybridized carbons (Fsp3) is 0.0741. The number of aryl methyl sites for hydroxylation is 2. The number of hydrogen-bond acceptors (Lipinski definition) is 1. The number of fused-ring (bicyclic) bond motifs is 12. The van der Waals surface area contributed by atoms with E-state index in [1.54, 1.807) is 0 Å². The van der Waals surface area contributed by atoms with Gasteiger partial charge >= 0.3 is 0 Å². The third kappa shape index (κ3) is 1.79. The van der Waals surface area contributed by atoms with Crippen LogP contribution in [0, 0.1) is 6.92 Å². The monoisotopic (exact) mass is 387 g/mol. The Hall–Kier alpha value is -3.85. The SMILES string of the molecule is Cc1cccc2c3oc4ccc5ccccc5c4c3n3c4ccccc4[n+](C)c3c12. The second kappa shape index (κ2) is 5.39. The topological polar surface area (TPSA) is 21.4 Å². The molecule has 0 aliphatic carbocycles. The Bertz CT molecular complexity index is 1820. The molecule has 0 radical (unpaired) electrons. The third-order valence-corrected chi connectivity index (χ3v) is 6.53. The van der Waals surface area contributed by atoms with Crippen LogP contribution in [0.15, 0.2) is 83.3 Å². The molecule has 0 unspecified atom stereocenters. The van der Waals surface area contributed by atoms with Gasteiger partial charge in [0.2, 0.25) is 0 Å². The normalized spacial score (nSPS) is 12.3. The van der Waals surface area contributed by atoms with Crippen LogP contribution in [0.1, 0.15) is 5.56 Å². The summed E-state index contributed by atoms with van der Waals surface area (Å²) in [4.78, 5) is 0. The van der Waals surface area contributed by atoms with Gasteiger partial charge in [-0.2, -0.15) is 4.40 Å². The van der Waals surface area contributed by atoms with Crippen LogP contribution in [-0.4, -0.2) is 4.40 Å². The van der Waals surface area contributed by atoms with E-state index in [0.29, 0.717) is 0 Å². The van der Waals surface area contributed by atoms with Crippen LogP contribution in [0.3, 0.4) is 0 Å². The lowest BCUT2D eigenvalue weighted by Gasteiger charge is -2.04. The molecule has 3 nitrogen and oxygen atoms in total. The number of furan rings is 1. The standard InChI is InChI=1S/C27H19N2O/c1-16-8-7-11-19-23(16)27-28(2)20-12-5-6-13-21(20)29(27)25-24-18-10-4-3-9-17(18)14-15-22(24)30-26(19)25/h3-15H,1-2H3/q+1. The van der Waals surface area contributed by atoms with E-state index in [0.717, 1.165) is 22.1 Å². The molecule has 30 heavy (non-hydrogen) atoms. The Morgan fingerprint density at radius 3 is 2.50 bits per heavy atom. The molecule has 0 amide bonds. The first kappa shape index (κ1) is 16.0. The molecule has 7 aromatic rings. The minimum atomic E-state index is 0.930. The fourth-order valence-corrected chi connectivity index (χ4v) is 5.22. The molecule has 0 atom stereocenters. The van der Waals surface area contributed by atoms with Crippen LogP contribution in [-0.2, 0) is 7.05 Å². The van der Waals surface area contributed by atoms with E-state index in [4.69, 9.17) is 4.42 Å². The van der Waals surface area contributed by atoms with Crippen molar-refractivity contribution in [1.29, 1.82) is 0 Å². The van der Waals surface area contributed by atoms with Crippen LogP contribution in [0.25, 0.3) is 60.3 Å². The number of nitrogens with zero attached hydrogens (tertiary/aromatic N) is 2. The lowest BCUT2D eigenvalue weighted by atomic mass is 10.0. The van der Waals surface area contributed by atoms with Crippen LogP contribution in [0.5, 0.6) is 0 Å². The summed E-state index contributed by atoms with van der Waals surface area (Å²) >= 11 is 0. The van der Waals surface area contributed by atoms with E-state index >= 15 is 0 Å². The van der Waals surface area contributed by atoms with E-state index in [1.807, 2.05) is 0 Å². The molecule has 0 N–H and O–H groups in total. The second-order valence-corrected chi connectivity index (χ2v) is 8.14. The molecule has 3 aromatic heterocycles. The van der Waals surface area contributed by atoms with Crippen molar-refractivity contribution in [2.45, 2.75) is 6.92 Å². The highest BCUT2D eigenvalue weighted by atomic mass is 16.3. The van der Waals surface area contributed by atoms with E-state index in [9.17, 15) is 0 Å². The molecule has 0 spiro atoms. The molecule has 0 fully saturated rings. The zero-order valence-corrected chi connectivity index (χ0v) is 16.8. The molecule has 0 saturated heterocycles. The van der Waals surface area contributed by atoms with Gasteiger partial charge in [-0.1, -0.05) is 60.7 Å². The third-order valence-electron chi connectivity index (χ3n) is 6.53. The van der Waals surface area contributed by atoms with Crippen molar-refractivity contribution < 1.29 is 8.98 Å². The molecule has 0 saturated carbocycles. The molecule has 142 valence electrons. The van der Waals surface area contributed by atoms with E-state index in [-0.39, 0.29) is 0 Å². The molecular weight excluding hydrogens is 368 g/mol. The van der Waals surface area contributed by atoms with Crippen molar-refractivity contribution in [3.8, 4) is 0 Å². The predicted octanol–water partition coefficient (Wildman–Crippen LogP) is 6.43. The van der Waals surface area contributed by atoms with Gasteiger partial charge in [0.1, 0.15) is 5.58 Å². The van der Waals surface area contributed by atoms with Gasteiger partial charge < -0.3 is 4.42 Å². The van der Waals surface area contributed by atoms with Crippen molar-refractivity contribution in [2.75, 3.05) is 0 Å². The van der Waals surface area contributed by atoms with E-state index in [2.05, 4.69) is 102 Å². The number of imidazole rings is 1. The Kier molecular flexibility index (Phi) is 2.88. The lowest BCUT2D eigenvalue weighted by molar-refractivity contribution is -0.617. The minimum absolute atomic E-state index is 0.930. The maximum atomic E-state index is 6.57. The first-order chi connectivity index (χ1) is 14.7. The maximum Gasteiger partial charge on any atom is 0.296 e. The Morgan fingerprint density at radius 2 is 1.57 bits per heavy atom. The lowest BCUT2D eigenvalue weighted by Crippen LogP contribution is -2.27. The Morgan fingerprint density at radius 1 is 0.767 bits per heavy atom. The van der Waals surface area contributed by atoms with Gasteiger partial charge in [-0.3, -0.25) is 0 Å². The van der Waals surface area contributed by atoms with Gasteiger partial charge in [0.15, 0.2) is 22.1 Å². The zero-order valence-electron chi connectivity index (χ0n) is 16.8. The van der Waals surface area contributed by atoms with Crippen molar-refractivity contribution in [3.63, 3.8) is 0 Å². The highest BCUT2D eigenvalue weighted by molar-refractivity contribution is 6.24. The van der Waals surface area contributed by atoms with Gasteiger partial charge in [0, 0.05) is 5.39 Å². The average Bonchev–Trinajstić information content (AvgIpc) is 3.31. The van der Waals surface area contributed by atoms with Crippen LogP contribution in [0.2, 0.25) is 0 Å². The molecule has 0 aliphatic heterocycles. The maximum absolute atomic E-state index is 6.57. The Labute approximate surface area is 172 Å². The van der Waals surface area contributed by atoms with Crippen LogP contribution < -0.4 is 4.57 Å². The molecular formula is C27H19N2O+. The fourth-order valence-electron chi connectivity index (χ4n) is 5.22. The number of hydrogen-bond donors (Lipinski definition) is 0. The van der Waals surface area contributed by atoms with Gasteiger partial charge in [-0.25, -0.2) is 4.57 Å². The second-order valence-electron chi connectivity index (χ2n) is 8.14. The summed E-state index contributed by atoms with van der Waals surface area (Å²) in [6.07, 6.45) is 0. The molecule has 3 heteroatoms. The summed E-state index contributed by atoms with van der Waals surface area (Å²) in [5.41, 5.74) is 7.89. The highest BCUT2D eigenvalue weighted by Gasteiger charge is 2.28. The van der Waals surface area contributed by atoms with Gasteiger partial charge in [-0.15, -0.1) is 0 Å². The van der Waals surface area contributed by atoms with Crippen LogP contribution in [0.4, 0.5) is 0 Å². The number of aromatic nitrogens is 2. The first-order valence-corrected chi connectivity index (χ1v) is 10.3.